The number of hydrogen-bond donors (Lipinski definition) is 2. The normalized spacial score (nSPS) is 11.9. The van der Waals surface area contributed by atoms with Crippen LogP contribution in [0.1, 0.15) is 31.4 Å². The Morgan fingerprint density at radius 1 is 1.41 bits per heavy atom. The number of carbonyl (C=O) groups excluding carboxylic acids is 1. The third-order valence-corrected chi connectivity index (χ3v) is 2.29. The molecule has 2 N–H and O–H groups in total. The van der Waals surface area contributed by atoms with Crippen LogP contribution in [0.3, 0.4) is 0 Å². The monoisotopic (exact) mass is 239 g/mol. The van der Waals surface area contributed by atoms with Crippen molar-refractivity contribution < 1.29 is 19.1 Å². The molecule has 17 heavy (non-hydrogen) atoms. The highest BCUT2D eigenvalue weighted by atomic mass is 19.1. The predicted octanol–water partition coefficient (Wildman–Crippen LogP) is 1.87. The molecule has 1 aromatic carbocycles. The second-order valence-electron chi connectivity index (χ2n) is 3.74. The lowest BCUT2D eigenvalue weighted by Crippen LogP contribution is -2.26. The Balaban J connectivity index is 2.51. The quantitative estimate of drug-likeness (QED) is 0.824. The van der Waals surface area contributed by atoms with Crippen molar-refractivity contribution in [1.82, 2.24) is 5.32 Å². The summed E-state index contributed by atoms with van der Waals surface area (Å²) in [5.41, 5.74) is 0.647. The smallest absolute Gasteiger partial charge is 0.303 e. The van der Waals surface area contributed by atoms with Crippen LogP contribution in [0.15, 0.2) is 24.3 Å². The molecule has 0 radical (unpaired) electrons. The van der Waals surface area contributed by atoms with Gasteiger partial charge >= 0.3 is 5.97 Å². The highest BCUT2D eigenvalue weighted by Gasteiger charge is 2.11. The molecule has 1 amide bonds. The van der Waals surface area contributed by atoms with Crippen molar-refractivity contribution in [2.45, 2.75) is 25.8 Å². The van der Waals surface area contributed by atoms with Gasteiger partial charge in [0.05, 0.1) is 12.5 Å². The molecule has 0 bridgehead atoms. The third kappa shape index (κ3) is 4.63. The number of halogens is 1. The lowest BCUT2D eigenvalue weighted by Gasteiger charge is -2.13. The highest BCUT2D eigenvalue weighted by Crippen LogP contribution is 2.13. The van der Waals surface area contributed by atoms with E-state index in [1.165, 1.54) is 12.1 Å². The molecule has 1 rings (SSSR count). The van der Waals surface area contributed by atoms with Crippen LogP contribution in [0.5, 0.6) is 0 Å². The zero-order chi connectivity index (χ0) is 12.8. The molecule has 0 saturated heterocycles. The van der Waals surface area contributed by atoms with Gasteiger partial charge in [0.15, 0.2) is 0 Å². The van der Waals surface area contributed by atoms with Gasteiger partial charge in [0.2, 0.25) is 5.91 Å². The molecular weight excluding hydrogens is 225 g/mol. The van der Waals surface area contributed by atoms with Gasteiger partial charge in [-0.05, 0) is 24.6 Å². The van der Waals surface area contributed by atoms with Crippen molar-refractivity contribution in [3.8, 4) is 0 Å². The van der Waals surface area contributed by atoms with Crippen LogP contribution < -0.4 is 5.32 Å². The fourth-order valence-electron chi connectivity index (χ4n) is 1.39. The molecule has 1 atom stereocenters. The second kappa shape index (κ2) is 5.98. The van der Waals surface area contributed by atoms with Crippen LogP contribution in [0.4, 0.5) is 4.39 Å². The van der Waals surface area contributed by atoms with E-state index in [-0.39, 0.29) is 30.6 Å². The van der Waals surface area contributed by atoms with Gasteiger partial charge in [0.1, 0.15) is 5.82 Å². The predicted molar refractivity (Wildman–Crippen MR) is 59.8 cm³/mol. The van der Waals surface area contributed by atoms with Gasteiger partial charge < -0.3 is 10.4 Å². The topological polar surface area (TPSA) is 66.4 Å². The number of amides is 1. The van der Waals surface area contributed by atoms with E-state index in [0.717, 1.165) is 0 Å². The third-order valence-electron chi connectivity index (χ3n) is 2.29. The van der Waals surface area contributed by atoms with Crippen molar-refractivity contribution in [2.75, 3.05) is 0 Å². The summed E-state index contributed by atoms with van der Waals surface area (Å²) in [6, 6.07) is 5.58. The highest BCUT2D eigenvalue weighted by molar-refractivity contribution is 5.80. The molecule has 92 valence electrons. The number of rotatable bonds is 5. The molecule has 0 aromatic heterocycles. The van der Waals surface area contributed by atoms with E-state index in [2.05, 4.69) is 5.32 Å². The molecule has 1 aromatic rings. The first-order valence-electron chi connectivity index (χ1n) is 5.25. The molecule has 0 unspecified atom stereocenters. The summed E-state index contributed by atoms with van der Waals surface area (Å²) < 4.78 is 12.9. The zero-order valence-corrected chi connectivity index (χ0v) is 9.44. The Morgan fingerprint density at radius 3 is 2.71 bits per heavy atom. The average molecular weight is 239 g/mol. The molecule has 0 aliphatic rings. The van der Waals surface area contributed by atoms with Crippen LogP contribution in [0.2, 0.25) is 0 Å². The SMILES string of the molecule is C[C@H](NC(=O)CCC(=O)O)c1cccc(F)c1. The minimum Gasteiger partial charge on any atom is -0.481 e. The number of carbonyl (C=O) groups is 2. The van der Waals surface area contributed by atoms with Gasteiger partial charge in [-0.25, -0.2) is 4.39 Å². The minimum atomic E-state index is -1.02. The summed E-state index contributed by atoms with van der Waals surface area (Å²) in [7, 11) is 0. The van der Waals surface area contributed by atoms with Crippen molar-refractivity contribution >= 4 is 11.9 Å². The number of aliphatic carboxylic acids is 1. The number of carboxylic acids is 1. The maximum atomic E-state index is 12.9. The molecule has 0 aliphatic carbocycles. The van der Waals surface area contributed by atoms with Crippen molar-refractivity contribution in [2.24, 2.45) is 0 Å². The van der Waals surface area contributed by atoms with Gasteiger partial charge in [-0.1, -0.05) is 12.1 Å². The minimum absolute atomic E-state index is 0.0744. The molecule has 0 heterocycles. The summed E-state index contributed by atoms with van der Waals surface area (Å²) in [6.07, 6.45) is -0.281. The lowest BCUT2D eigenvalue weighted by atomic mass is 10.1. The Kier molecular flexibility index (Phi) is 4.63. The van der Waals surface area contributed by atoms with Crippen LogP contribution in [-0.4, -0.2) is 17.0 Å². The van der Waals surface area contributed by atoms with E-state index in [1.807, 2.05) is 0 Å². The maximum absolute atomic E-state index is 12.9. The lowest BCUT2D eigenvalue weighted by molar-refractivity contribution is -0.138. The van der Waals surface area contributed by atoms with Gasteiger partial charge in [0.25, 0.3) is 0 Å². The number of nitrogens with one attached hydrogen (secondary N) is 1. The molecule has 0 fully saturated rings. The average Bonchev–Trinajstić information content (AvgIpc) is 2.26. The Labute approximate surface area is 98.5 Å². The molecule has 0 aliphatic heterocycles. The summed E-state index contributed by atoms with van der Waals surface area (Å²) in [5.74, 6) is -1.74. The molecule has 4 nitrogen and oxygen atoms in total. The Hall–Kier alpha value is -1.91. The van der Waals surface area contributed by atoms with E-state index in [1.54, 1.807) is 19.1 Å². The number of benzene rings is 1. The summed E-state index contributed by atoms with van der Waals surface area (Å²) in [4.78, 5) is 21.6. The van der Waals surface area contributed by atoms with Crippen LogP contribution in [-0.2, 0) is 9.59 Å². The molecular formula is C12H14FNO3. The van der Waals surface area contributed by atoms with Crippen LogP contribution in [0, 0.1) is 5.82 Å². The van der Waals surface area contributed by atoms with E-state index in [4.69, 9.17) is 5.11 Å². The Morgan fingerprint density at radius 2 is 2.12 bits per heavy atom. The van der Waals surface area contributed by atoms with E-state index in [9.17, 15) is 14.0 Å². The van der Waals surface area contributed by atoms with Gasteiger partial charge in [0, 0.05) is 6.42 Å². The van der Waals surface area contributed by atoms with Gasteiger partial charge in [-0.15, -0.1) is 0 Å². The van der Waals surface area contributed by atoms with E-state index >= 15 is 0 Å². The number of hydrogen-bond acceptors (Lipinski definition) is 2. The molecule has 5 heteroatoms. The number of carboxylic acid groups (broad SMARTS) is 1. The molecule has 0 spiro atoms. The van der Waals surface area contributed by atoms with Gasteiger partial charge in [-0.3, -0.25) is 9.59 Å². The molecule has 0 saturated carbocycles. The summed E-state index contributed by atoms with van der Waals surface area (Å²) in [6.45, 7) is 1.72. The summed E-state index contributed by atoms with van der Waals surface area (Å²) in [5, 5.41) is 11.0. The maximum Gasteiger partial charge on any atom is 0.303 e. The zero-order valence-electron chi connectivity index (χ0n) is 9.44. The fraction of sp³-hybridized carbons (Fsp3) is 0.333. The van der Waals surface area contributed by atoms with Crippen molar-refractivity contribution in [3.63, 3.8) is 0 Å². The largest absolute Gasteiger partial charge is 0.481 e. The van der Waals surface area contributed by atoms with Crippen LogP contribution >= 0.6 is 0 Å². The summed E-state index contributed by atoms with van der Waals surface area (Å²) >= 11 is 0. The first-order valence-corrected chi connectivity index (χ1v) is 5.25. The van der Waals surface area contributed by atoms with E-state index in [0.29, 0.717) is 5.56 Å². The Bertz CT molecular complexity index is 420. The first-order chi connectivity index (χ1) is 7.99. The standard InChI is InChI=1S/C12H14FNO3/c1-8(9-3-2-4-10(13)7-9)14-11(15)5-6-12(16)17/h2-4,7-8H,5-6H2,1H3,(H,14,15)(H,16,17)/t8-/m0/s1. The fourth-order valence-corrected chi connectivity index (χ4v) is 1.39. The van der Waals surface area contributed by atoms with Gasteiger partial charge in [-0.2, -0.15) is 0 Å². The van der Waals surface area contributed by atoms with Crippen molar-refractivity contribution in [1.29, 1.82) is 0 Å². The second-order valence-corrected chi connectivity index (χ2v) is 3.74. The van der Waals surface area contributed by atoms with E-state index < -0.39 is 5.97 Å². The van der Waals surface area contributed by atoms with Crippen LogP contribution in [0.25, 0.3) is 0 Å². The van der Waals surface area contributed by atoms with Crippen molar-refractivity contribution in [3.05, 3.63) is 35.6 Å². The first kappa shape index (κ1) is 13.2.